The highest BCUT2D eigenvalue weighted by molar-refractivity contribution is 6.30. The predicted molar refractivity (Wildman–Crippen MR) is 121 cm³/mol. The number of hydrogen-bond acceptors (Lipinski definition) is 7. The minimum atomic E-state index is 0.0769. The number of likely N-dealkylation sites (N-methyl/N-ethyl adjacent to an activating group) is 1. The van der Waals surface area contributed by atoms with Crippen LogP contribution in [0.1, 0.15) is 37.8 Å². The van der Waals surface area contributed by atoms with Gasteiger partial charge < -0.3 is 19.7 Å². The average molecular weight is 444 g/mol. The molecular weight excluding hydrogens is 414 g/mol. The number of hydrazine groups is 1. The lowest BCUT2D eigenvalue weighted by atomic mass is 9.99. The molecule has 0 aromatic heterocycles. The van der Waals surface area contributed by atoms with Crippen molar-refractivity contribution in [2.45, 2.75) is 44.4 Å². The summed E-state index contributed by atoms with van der Waals surface area (Å²) in [6, 6.07) is 8.52. The van der Waals surface area contributed by atoms with Gasteiger partial charge in [0, 0.05) is 56.4 Å². The van der Waals surface area contributed by atoms with Crippen molar-refractivity contribution in [3.63, 3.8) is 0 Å². The van der Waals surface area contributed by atoms with E-state index in [1.807, 2.05) is 17.0 Å². The third kappa shape index (κ3) is 4.12. The van der Waals surface area contributed by atoms with E-state index in [0.717, 1.165) is 50.0 Å². The molecule has 4 aliphatic rings. The summed E-state index contributed by atoms with van der Waals surface area (Å²) in [5.74, 6) is 1.17. The zero-order valence-corrected chi connectivity index (χ0v) is 18.6. The average Bonchev–Trinajstić information content (AvgIpc) is 3.42. The Labute approximate surface area is 188 Å². The fourth-order valence-corrected chi connectivity index (χ4v) is 5.04. The van der Waals surface area contributed by atoms with E-state index >= 15 is 0 Å². The van der Waals surface area contributed by atoms with E-state index in [1.165, 1.54) is 5.56 Å². The molecular formula is C22H30ClN7O. The molecule has 4 aliphatic heterocycles. The van der Waals surface area contributed by atoms with Crippen molar-refractivity contribution in [3.05, 3.63) is 47.3 Å². The summed E-state index contributed by atoms with van der Waals surface area (Å²) in [5, 5.41) is 7.51. The van der Waals surface area contributed by atoms with E-state index in [-0.39, 0.29) is 24.2 Å². The predicted octanol–water partition coefficient (Wildman–Crippen LogP) is 1.93. The van der Waals surface area contributed by atoms with Gasteiger partial charge in [-0.3, -0.25) is 10.2 Å². The van der Waals surface area contributed by atoms with Gasteiger partial charge >= 0.3 is 0 Å². The van der Waals surface area contributed by atoms with Gasteiger partial charge in [-0.05, 0) is 30.7 Å². The van der Waals surface area contributed by atoms with Crippen LogP contribution in [0.3, 0.4) is 0 Å². The molecule has 2 N–H and O–H groups in total. The monoisotopic (exact) mass is 443 g/mol. The maximum absolute atomic E-state index is 12.7. The Morgan fingerprint density at radius 3 is 2.68 bits per heavy atom. The molecule has 166 valence electrons. The Hall–Kier alpha value is -2.29. The number of halogens is 1. The summed E-state index contributed by atoms with van der Waals surface area (Å²) in [5.41, 5.74) is 8.11. The number of fused-ring (bicyclic) bond motifs is 3. The first-order valence-electron chi connectivity index (χ1n) is 11.2. The van der Waals surface area contributed by atoms with Crippen LogP contribution in [-0.2, 0) is 4.79 Å². The Morgan fingerprint density at radius 2 is 1.94 bits per heavy atom. The molecule has 0 aliphatic carbocycles. The summed E-state index contributed by atoms with van der Waals surface area (Å²) >= 11 is 6.04. The Bertz CT molecular complexity index is 865. The van der Waals surface area contributed by atoms with Crippen LogP contribution in [-0.4, -0.2) is 76.4 Å². The van der Waals surface area contributed by atoms with Crippen molar-refractivity contribution in [1.82, 2.24) is 30.6 Å². The zero-order valence-electron chi connectivity index (χ0n) is 17.9. The van der Waals surface area contributed by atoms with Crippen LogP contribution in [0.5, 0.6) is 0 Å². The van der Waals surface area contributed by atoms with Gasteiger partial charge in [0.15, 0.2) is 0 Å². The quantitative estimate of drug-likeness (QED) is 0.725. The van der Waals surface area contributed by atoms with E-state index < -0.39 is 0 Å². The number of amides is 1. The second-order valence-corrected chi connectivity index (χ2v) is 9.00. The number of nitrogens with zero attached hydrogens (tertiary/aromatic N) is 5. The maximum atomic E-state index is 12.7. The molecule has 5 rings (SSSR count). The fraction of sp³-hybridized carbons (Fsp3) is 0.545. The standard InChI is InChI=1S/C22H30ClN7O/c1-2-27-9-11-28(12-10-27)21(31)8-7-20-24-25-22-19-15-18(16-3-5-17(23)6-4-16)26-30(19)14-13-29(20)22/h3-6,13-14,18-19,22,25-26H,2,7-12,15H2,1H3. The van der Waals surface area contributed by atoms with E-state index in [2.05, 4.69) is 62.2 Å². The van der Waals surface area contributed by atoms with Crippen LogP contribution in [0.4, 0.5) is 0 Å². The highest BCUT2D eigenvalue weighted by Gasteiger charge is 2.44. The summed E-state index contributed by atoms with van der Waals surface area (Å²) in [7, 11) is 0. The van der Waals surface area contributed by atoms with Crippen molar-refractivity contribution in [1.29, 1.82) is 0 Å². The van der Waals surface area contributed by atoms with E-state index in [4.69, 9.17) is 11.6 Å². The third-order valence-electron chi connectivity index (χ3n) is 6.82. The topological polar surface area (TPSA) is 66.5 Å². The number of piperazine rings is 1. The van der Waals surface area contributed by atoms with Crippen LogP contribution >= 0.6 is 11.6 Å². The van der Waals surface area contributed by atoms with Crippen LogP contribution in [0.2, 0.25) is 5.02 Å². The van der Waals surface area contributed by atoms with Gasteiger partial charge in [-0.25, -0.2) is 5.43 Å². The van der Waals surface area contributed by atoms with E-state index in [9.17, 15) is 4.79 Å². The number of benzene rings is 1. The first-order chi connectivity index (χ1) is 15.1. The largest absolute Gasteiger partial charge is 0.340 e. The molecule has 4 heterocycles. The van der Waals surface area contributed by atoms with Gasteiger partial charge in [-0.15, -0.1) is 0 Å². The number of carbonyl (C=O) groups is 1. The number of hydrogen-bond donors (Lipinski definition) is 2. The Morgan fingerprint density at radius 1 is 1.16 bits per heavy atom. The highest BCUT2D eigenvalue weighted by atomic mass is 35.5. The van der Waals surface area contributed by atoms with Crippen LogP contribution in [0.25, 0.3) is 0 Å². The lowest BCUT2D eigenvalue weighted by Gasteiger charge is -2.37. The van der Waals surface area contributed by atoms with Crippen molar-refractivity contribution in [2.75, 3.05) is 32.7 Å². The van der Waals surface area contributed by atoms with Gasteiger partial charge in [0.05, 0.1) is 12.1 Å². The summed E-state index contributed by atoms with van der Waals surface area (Å²) in [4.78, 5) is 19.3. The lowest BCUT2D eigenvalue weighted by molar-refractivity contribution is -0.132. The fourth-order valence-electron chi connectivity index (χ4n) is 4.91. The molecule has 8 nitrogen and oxygen atoms in total. The molecule has 3 atom stereocenters. The number of amidine groups is 1. The molecule has 0 saturated carbocycles. The molecule has 1 amide bonds. The first kappa shape index (κ1) is 20.6. The first-order valence-corrected chi connectivity index (χ1v) is 11.6. The second-order valence-electron chi connectivity index (χ2n) is 8.57. The van der Waals surface area contributed by atoms with Crippen molar-refractivity contribution in [2.24, 2.45) is 5.10 Å². The minimum Gasteiger partial charge on any atom is -0.340 e. The Balaban J connectivity index is 1.16. The molecule has 0 radical (unpaired) electrons. The second kappa shape index (κ2) is 8.68. The van der Waals surface area contributed by atoms with Crippen molar-refractivity contribution >= 4 is 23.3 Å². The van der Waals surface area contributed by atoms with Crippen LogP contribution < -0.4 is 10.9 Å². The molecule has 3 unspecified atom stereocenters. The van der Waals surface area contributed by atoms with E-state index in [1.54, 1.807) is 0 Å². The van der Waals surface area contributed by atoms with Gasteiger partial charge in [0.1, 0.15) is 12.0 Å². The maximum Gasteiger partial charge on any atom is 0.223 e. The zero-order chi connectivity index (χ0) is 21.4. The van der Waals surface area contributed by atoms with E-state index in [0.29, 0.717) is 12.8 Å². The number of carbonyl (C=O) groups excluding carboxylic acids is 1. The molecule has 9 heteroatoms. The SMILES string of the molecule is CCN1CCN(C(=O)CCC2=NNC3C4CC(c5ccc(Cl)cc5)NN4C=CN23)CC1. The normalized spacial score (nSPS) is 27.7. The van der Waals surface area contributed by atoms with Crippen LogP contribution in [0.15, 0.2) is 41.8 Å². The number of hydrazone groups is 1. The molecule has 31 heavy (non-hydrogen) atoms. The smallest absolute Gasteiger partial charge is 0.223 e. The third-order valence-corrected chi connectivity index (χ3v) is 7.07. The van der Waals surface area contributed by atoms with Gasteiger partial charge in [-0.2, -0.15) is 5.10 Å². The van der Waals surface area contributed by atoms with Crippen molar-refractivity contribution in [3.8, 4) is 0 Å². The minimum absolute atomic E-state index is 0.0769. The summed E-state index contributed by atoms with van der Waals surface area (Å²) in [6.07, 6.45) is 6.33. The summed E-state index contributed by atoms with van der Waals surface area (Å²) in [6.45, 7) is 6.84. The highest BCUT2D eigenvalue weighted by Crippen LogP contribution is 2.34. The number of rotatable bonds is 5. The molecule has 1 aromatic carbocycles. The molecule has 1 aromatic rings. The summed E-state index contributed by atoms with van der Waals surface area (Å²) < 4.78 is 0. The Kier molecular flexibility index (Phi) is 5.77. The molecule has 2 fully saturated rings. The van der Waals surface area contributed by atoms with Crippen LogP contribution in [0, 0.1) is 0 Å². The lowest BCUT2D eigenvalue weighted by Crippen LogP contribution is -2.54. The molecule has 0 spiro atoms. The number of nitrogens with one attached hydrogen (secondary N) is 2. The molecule has 0 bridgehead atoms. The van der Waals surface area contributed by atoms with Gasteiger partial charge in [0.2, 0.25) is 5.91 Å². The molecule has 2 saturated heterocycles. The van der Waals surface area contributed by atoms with Gasteiger partial charge in [0.25, 0.3) is 0 Å². The van der Waals surface area contributed by atoms with Crippen molar-refractivity contribution < 1.29 is 4.79 Å². The van der Waals surface area contributed by atoms with Gasteiger partial charge in [-0.1, -0.05) is 30.7 Å².